The Balaban J connectivity index is 1.40. The van der Waals surface area contributed by atoms with Gasteiger partial charge in [0.15, 0.2) is 16.0 Å². The lowest BCUT2D eigenvalue weighted by molar-refractivity contribution is 0.0519. The Kier molecular flexibility index (Phi) is 6.13. The van der Waals surface area contributed by atoms with E-state index in [0.717, 1.165) is 39.4 Å². The molecule has 0 aliphatic carbocycles. The van der Waals surface area contributed by atoms with Gasteiger partial charge in [-0.1, -0.05) is 46.9 Å². The van der Waals surface area contributed by atoms with Gasteiger partial charge in [0, 0.05) is 18.7 Å². The summed E-state index contributed by atoms with van der Waals surface area (Å²) >= 11 is 6.28. The first kappa shape index (κ1) is 22.0. The van der Waals surface area contributed by atoms with Gasteiger partial charge in [-0.2, -0.15) is 0 Å². The summed E-state index contributed by atoms with van der Waals surface area (Å²) in [6.45, 7) is 3.34. The maximum atomic E-state index is 13.2. The van der Waals surface area contributed by atoms with Gasteiger partial charge in [0.25, 0.3) is 5.91 Å². The van der Waals surface area contributed by atoms with Crippen LogP contribution in [0.3, 0.4) is 0 Å². The van der Waals surface area contributed by atoms with Crippen molar-refractivity contribution < 1.29 is 14.3 Å². The average Bonchev–Trinajstić information content (AvgIpc) is 3.41. The van der Waals surface area contributed by atoms with Crippen molar-refractivity contribution in [2.24, 2.45) is 0 Å². The Hall–Kier alpha value is -2.82. The lowest BCUT2D eigenvalue weighted by Crippen LogP contribution is -2.32. The van der Waals surface area contributed by atoms with E-state index in [1.54, 1.807) is 6.92 Å². The van der Waals surface area contributed by atoms with Crippen LogP contribution in [0.15, 0.2) is 46.3 Å². The zero-order valence-corrected chi connectivity index (χ0v) is 20.8. The molecule has 1 aliphatic rings. The van der Waals surface area contributed by atoms with Gasteiger partial charge < -0.3 is 9.64 Å². The Morgan fingerprint density at radius 3 is 2.82 bits per heavy atom. The number of anilines is 2. The summed E-state index contributed by atoms with van der Waals surface area (Å²) in [7, 11) is 0. The molecule has 0 saturated carbocycles. The van der Waals surface area contributed by atoms with E-state index in [-0.39, 0.29) is 11.6 Å². The molecule has 5 rings (SSSR count). The van der Waals surface area contributed by atoms with E-state index in [1.165, 1.54) is 22.7 Å². The summed E-state index contributed by atoms with van der Waals surface area (Å²) < 4.78 is 6.76. The summed E-state index contributed by atoms with van der Waals surface area (Å²) in [5, 5.41) is 4.26. The van der Waals surface area contributed by atoms with Crippen molar-refractivity contribution in [3.63, 3.8) is 0 Å². The molecule has 0 fully saturated rings. The number of nitrogens with zero attached hydrogens (tertiary/aromatic N) is 3. The molecule has 168 valence electrons. The van der Waals surface area contributed by atoms with Crippen LogP contribution >= 0.6 is 38.6 Å². The van der Waals surface area contributed by atoms with Crippen molar-refractivity contribution in [2.45, 2.75) is 19.9 Å². The zero-order chi connectivity index (χ0) is 22.9. The third-order valence-corrected chi connectivity index (χ3v) is 8.06. The van der Waals surface area contributed by atoms with Crippen LogP contribution in [0.2, 0.25) is 0 Å². The predicted octanol–water partition coefficient (Wildman–Crippen LogP) is 5.51. The minimum absolute atomic E-state index is 0.180. The highest BCUT2D eigenvalue weighted by Crippen LogP contribution is 2.35. The third kappa shape index (κ3) is 4.38. The number of benzene rings is 2. The fraction of sp³-hybridized carbons (Fsp3) is 0.217. The molecule has 2 aromatic heterocycles. The number of carbonyl (C=O) groups is 2. The highest BCUT2D eigenvalue weighted by molar-refractivity contribution is 9.11. The van der Waals surface area contributed by atoms with E-state index in [4.69, 9.17) is 4.74 Å². The van der Waals surface area contributed by atoms with Crippen molar-refractivity contribution in [3.8, 4) is 0 Å². The van der Waals surface area contributed by atoms with E-state index in [9.17, 15) is 9.59 Å². The van der Waals surface area contributed by atoms with Gasteiger partial charge in [0.1, 0.15) is 3.79 Å². The fourth-order valence-corrected chi connectivity index (χ4v) is 6.15. The summed E-state index contributed by atoms with van der Waals surface area (Å²) in [5.74, 6) is -0.625. The molecule has 0 saturated heterocycles. The molecule has 0 unspecified atom stereocenters. The second-order valence-corrected chi connectivity index (χ2v) is 10.7. The minimum Gasteiger partial charge on any atom is -0.461 e. The number of aromatic nitrogens is 2. The molecule has 1 N–H and O–H groups in total. The monoisotopic (exact) mass is 542 g/mol. The first-order valence-corrected chi connectivity index (χ1v) is 12.8. The van der Waals surface area contributed by atoms with Crippen LogP contribution in [0.1, 0.15) is 38.9 Å². The third-order valence-electron chi connectivity index (χ3n) is 5.35. The number of amides is 1. The van der Waals surface area contributed by atoms with E-state index in [2.05, 4.69) is 42.2 Å². The minimum atomic E-state index is -0.444. The van der Waals surface area contributed by atoms with Gasteiger partial charge in [-0.05, 0) is 58.6 Å². The van der Waals surface area contributed by atoms with Crippen LogP contribution in [0.5, 0.6) is 0 Å². The second-order valence-electron chi connectivity index (χ2n) is 7.39. The highest BCUT2D eigenvalue weighted by Gasteiger charge is 2.26. The van der Waals surface area contributed by atoms with Crippen molar-refractivity contribution in [1.29, 1.82) is 0 Å². The first-order valence-electron chi connectivity index (χ1n) is 10.4. The van der Waals surface area contributed by atoms with Crippen LogP contribution in [-0.4, -0.2) is 35.0 Å². The van der Waals surface area contributed by atoms with Crippen molar-refractivity contribution >= 4 is 71.0 Å². The van der Waals surface area contributed by atoms with Crippen molar-refractivity contribution in [1.82, 2.24) is 9.97 Å². The molecule has 10 heteroatoms. The molecule has 0 bridgehead atoms. The van der Waals surface area contributed by atoms with Crippen LogP contribution in [-0.2, 0) is 17.7 Å². The Morgan fingerprint density at radius 2 is 2.00 bits per heavy atom. The topological polar surface area (TPSA) is 84.4 Å². The van der Waals surface area contributed by atoms with E-state index < -0.39 is 5.97 Å². The number of hydrogen-bond acceptors (Lipinski definition) is 8. The molecule has 0 atom stereocenters. The maximum absolute atomic E-state index is 13.2. The van der Waals surface area contributed by atoms with E-state index in [0.29, 0.717) is 27.6 Å². The number of thiazole rings is 2. The summed E-state index contributed by atoms with van der Waals surface area (Å²) in [6.07, 6.45) is 0.781. The molecule has 7 nitrogen and oxygen atoms in total. The molecule has 4 aromatic rings. The highest BCUT2D eigenvalue weighted by atomic mass is 79.9. The molecule has 3 heterocycles. The van der Waals surface area contributed by atoms with Crippen LogP contribution in [0.4, 0.5) is 10.3 Å². The van der Waals surface area contributed by atoms with Gasteiger partial charge in [0.2, 0.25) is 0 Å². The quantitative estimate of drug-likeness (QED) is 0.335. The van der Waals surface area contributed by atoms with Gasteiger partial charge in [-0.3, -0.25) is 10.1 Å². The number of fused-ring (bicyclic) bond motifs is 2. The van der Waals surface area contributed by atoms with Gasteiger partial charge >= 0.3 is 5.97 Å². The summed E-state index contributed by atoms with van der Waals surface area (Å²) in [4.78, 5) is 36.5. The molecule has 0 radical (unpaired) electrons. The van der Waals surface area contributed by atoms with E-state index >= 15 is 0 Å². The summed E-state index contributed by atoms with van der Waals surface area (Å²) in [5.41, 5.74) is 3.88. The maximum Gasteiger partial charge on any atom is 0.359 e. The van der Waals surface area contributed by atoms with Crippen LogP contribution in [0.25, 0.3) is 10.2 Å². The normalized spacial score (nSPS) is 13.1. The molecule has 33 heavy (non-hydrogen) atoms. The van der Waals surface area contributed by atoms with E-state index in [1.807, 2.05) is 36.4 Å². The number of halogens is 1. The van der Waals surface area contributed by atoms with Crippen molar-refractivity contribution in [3.05, 3.63) is 68.6 Å². The summed E-state index contributed by atoms with van der Waals surface area (Å²) in [6, 6.07) is 13.6. The first-order chi connectivity index (χ1) is 16.0. The Bertz CT molecular complexity index is 1330. The predicted molar refractivity (Wildman–Crippen MR) is 135 cm³/mol. The van der Waals surface area contributed by atoms with Gasteiger partial charge in [0.05, 0.1) is 16.8 Å². The number of para-hydroxylation sites is 1. The largest absolute Gasteiger partial charge is 0.461 e. The molecule has 2 aromatic carbocycles. The van der Waals surface area contributed by atoms with Crippen molar-refractivity contribution in [2.75, 3.05) is 23.4 Å². The van der Waals surface area contributed by atoms with Crippen LogP contribution < -0.4 is 10.2 Å². The fourth-order valence-electron chi connectivity index (χ4n) is 3.80. The SMILES string of the molecule is CCOC(=O)c1nc(N2CCc3cccc(C(=O)Nc4nc5ccccc5s4)c3C2)sc1Br. The number of hydrogen-bond donors (Lipinski definition) is 1. The zero-order valence-electron chi connectivity index (χ0n) is 17.6. The lowest BCUT2D eigenvalue weighted by atomic mass is 9.94. The molecule has 1 amide bonds. The molecule has 0 spiro atoms. The van der Waals surface area contributed by atoms with Crippen LogP contribution in [0, 0.1) is 0 Å². The number of rotatable bonds is 5. The van der Waals surface area contributed by atoms with Gasteiger partial charge in [-0.15, -0.1) is 0 Å². The number of ether oxygens (including phenoxy) is 1. The second kappa shape index (κ2) is 9.20. The molecule has 1 aliphatic heterocycles. The number of esters is 1. The lowest BCUT2D eigenvalue weighted by Gasteiger charge is -2.29. The Morgan fingerprint density at radius 1 is 1.15 bits per heavy atom. The molecular weight excluding hydrogens is 524 g/mol. The number of nitrogens with one attached hydrogen (secondary N) is 1. The standard InChI is InChI=1S/C23H19BrN4O3S2/c1-2-31-21(30)18-19(24)33-23(26-18)28-11-10-13-6-5-7-14(15(13)12-28)20(29)27-22-25-16-8-3-4-9-17(16)32-22/h3-9H,2,10-12H2,1H3,(H,25,27,29). The Labute approximate surface area is 206 Å². The van der Waals surface area contributed by atoms with Gasteiger partial charge in [-0.25, -0.2) is 14.8 Å². The average molecular weight is 543 g/mol. The smallest absolute Gasteiger partial charge is 0.359 e. The molecular formula is C23H19BrN4O3S2. The number of carbonyl (C=O) groups excluding carboxylic acids is 2.